The van der Waals surface area contributed by atoms with Gasteiger partial charge in [-0.25, -0.2) is 9.38 Å². The van der Waals surface area contributed by atoms with Gasteiger partial charge in [0.25, 0.3) is 0 Å². The molecule has 164 valence electrons. The van der Waals surface area contributed by atoms with Crippen molar-refractivity contribution in [1.29, 1.82) is 0 Å². The summed E-state index contributed by atoms with van der Waals surface area (Å²) in [5, 5.41) is 4.55. The zero-order chi connectivity index (χ0) is 22.5. The van der Waals surface area contributed by atoms with Gasteiger partial charge < -0.3 is 10.1 Å². The molecule has 3 aromatic rings. The fourth-order valence-corrected chi connectivity index (χ4v) is 4.90. The second kappa shape index (κ2) is 9.97. The van der Waals surface area contributed by atoms with Crippen molar-refractivity contribution in [2.45, 2.75) is 18.2 Å². The van der Waals surface area contributed by atoms with E-state index in [1.165, 1.54) is 36.0 Å². The van der Waals surface area contributed by atoms with Crippen molar-refractivity contribution < 1.29 is 18.7 Å². The molecule has 1 aromatic heterocycles. The summed E-state index contributed by atoms with van der Waals surface area (Å²) in [6.07, 6.45) is 0.0499. The number of hydrogen-bond donors (Lipinski definition) is 1. The largest absolute Gasteiger partial charge is 0.497 e. The van der Waals surface area contributed by atoms with Crippen LogP contribution < -0.4 is 10.1 Å². The molecule has 0 aliphatic carbocycles. The molecule has 1 aliphatic heterocycles. The van der Waals surface area contributed by atoms with Gasteiger partial charge in [-0.1, -0.05) is 23.9 Å². The number of thiophene rings is 1. The van der Waals surface area contributed by atoms with Gasteiger partial charge in [0.1, 0.15) is 16.8 Å². The maximum absolute atomic E-state index is 13.3. The van der Waals surface area contributed by atoms with E-state index in [2.05, 4.69) is 10.3 Å². The number of rotatable bonds is 6. The van der Waals surface area contributed by atoms with Gasteiger partial charge in [-0.3, -0.25) is 14.5 Å². The molecular formula is C23H20FN3O3S2. The van der Waals surface area contributed by atoms with Gasteiger partial charge in [0.15, 0.2) is 5.17 Å². The van der Waals surface area contributed by atoms with Crippen molar-refractivity contribution in [3.63, 3.8) is 0 Å². The summed E-state index contributed by atoms with van der Waals surface area (Å²) < 4.78 is 18.5. The quantitative estimate of drug-likeness (QED) is 0.548. The van der Waals surface area contributed by atoms with Gasteiger partial charge in [-0.2, -0.15) is 0 Å². The third-order valence-electron chi connectivity index (χ3n) is 4.71. The van der Waals surface area contributed by atoms with Gasteiger partial charge in [0.2, 0.25) is 11.8 Å². The molecule has 2 heterocycles. The second-order valence-corrected chi connectivity index (χ2v) is 9.16. The zero-order valence-corrected chi connectivity index (χ0v) is 18.8. The van der Waals surface area contributed by atoms with Crippen LogP contribution in [-0.4, -0.2) is 34.2 Å². The first-order chi connectivity index (χ1) is 15.5. The summed E-state index contributed by atoms with van der Waals surface area (Å²) in [5.74, 6) is -0.230. The van der Waals surface area contributed by atoms with Gasteiger partial charge in [0.05, 0.1) is 19.3 Å². The Morgan fingerprint density at radius 1 is 1.22 bits per heavy atom. The number of methoxy groups -OCH3 is 1. The molecule has 1 fully saturated rings. The van der Waals surface area contributed by atoms with E-state index in [1.807, 2.05) is 17.5 Å². The first-order valence-electron chi connectivity index (χ1n) is 9.80. The van der Waals surface area contributed by atoms with Crippen molar-refractivity contribution in [1.82, 2.24) is 4.90 Å². The highest BCUT2D eigenvalue weighted by Gasteiger charge is 2.36. The van der Waals surface area contributed by atoms with Crippen LogP contribution in [0.25, 0.3) is 0 Å². The zero-order valence-electron chi connectivity index (χ0n) is 17.2. The molecule has 0 spiro atoms. The molecule has 6 nitrogen and oxygen atoms in total. The van der Waals surface area contributed by atoms with Crippen LogP contribution in [0.4, 0.5) is 15.8 Å². The molecule has 4 rings (SSSR count). The first-order valence-corrected chi connectivity index (χ1v) is 11.6. The lowest BCUT2D eigenvalue weighted by Gasteiger charge is -2.31. The van der Waals surface area contributed by atoms with Crippen LogP contribution >= 0.6 is 23.1 Å². The Morgan fingerprint density at radius 2 is 2.03 bits per heavy atom. The third kappa shape index (κ3) is 5.35. The number of hydrogen-bond acceptors (Lipinski definition) is 6. The molecule has 2 aromatic carbocycles. The molecule has 1 atom stereocenters. The second-order valence-electron chi connectivity index (χ2n) is 6.96. The van der Waals surface area contributed by atoms with E-state index in [0.717, 1.165) is 4.88 Å². The van der Waals surface area contributed by atoms with E-state index in [9.17, 15) is 14.0 Å². The van der Waals surface area contributed by atoms with Gasteiger partial charge in [0, 0.05) is 23.1 Å². The predicted octanol–water partition coefficient (Wildman–Crippen LogP) is 5.06. The van der Waals surface area contributed by atoms with E-state index >= 15 is 0 Å². The van der Waals surface area contributed by atoms with Gasteiger partial charge in [-0.15, -0.1) is 11.3 Å². The van der Waals surface area contributed by atoms with E-state index in [0.29, 0.717) is 28.8 Å². The average molecular weight is 470 g/mol. The van der Waals surface area contributed by atoms with Gasteiger partial charge in [-0.05, 0) is 47.8 Å². The number of amidine groups is 1. The molecule has 0 radical (unpaired) electrons. The van der Waals surface area contributed by atoms with Crippen molar-refractivity contribution in [3.8, 4) is 5.75 Å². The number of thioether (sulfide) groups is 1. The fourth-order valence-electron chi connectivity index (χ4n) is 3.10. The number of anilines is 1. The summed E-state index contributed by atoms with van der Waals surface area (Å²) in [5.41, 5.74) is 1.09. The number of benzene rings is 2. The fraction of sp³-hybridized carbons (Fsp3) is 0.174. The predicted molar refractivity (Wildman–Crippen MR) is 126 cm³/mol. The summed E-state index contributed by atoms with van der Waals surface area (Å²) >= 11 is 2.77. The molecule has 32 heavy (non-hydrogen) atoms. The van der Waals surface area contributed by atoms with E-state index < -0.39 is 5.25 Å². The normalized spacial score (nSPS) is 17.4. The van der Waals surface area contributed by atoms with Crippen LogP contribution in [0.5, 0.6) is 5.75 Å². The number of halogens is 1. The van der Waals surface area contributed by atoms with Crippen LogP contribution in [-0.2, 0) is 16.1 Å². The molecular weight excluding hydrogens is 449 g/mol. The van der Waals surface area contributed by atoms with Crippen molar-refractivity contribution in [3.05, 3.63) is 76.7 Å². The minimum absolute atomic E-state index is 0.0499. The Bertz CT molecular complexity index is 1130. The van der Waals surface area contributed by atoms with E-state index in [1.54, 1.807) is 47.6 Å². The third-order valence-corrected chi connectivity index (χ3v) is 6.76. The Labute approximate surface area is 193 Å². The van der Waals surface area contributed by atoms with Crippen molar-refractivity contribution >= 4 is 51.5 Å². The SMILES string of the molecule is COc1cccc(NC(=O)C2CC(=O)N(Cc3cccs3)C(=Nc3ccc(F)cc3)S2)c1. The van der Waals surface area contributed by atoms with Crippen LogP contribution in [0.2, 0.25) is 0 Å². The topological polar surface area (TPSA) is 71.0 Å². The Hall–Kier alpha value is -3.17. The number of aliphatic imine (C=N–C) groups is 1. The highest BCUT2D eigenvalue weighted by Crippen LogP contribution is 2.32. The molecule has 1 unspecified atom stereocenters. The lowest BCUT2D eigenvalue weighted by molar-refractivity contribution is -0.129. The van der Waals surface area contributed by atoms with Crippen molar-refractivity contribution in [2.24, 2.45) is 4.99 Å². The Kier molecular flexibility index (Phi) is 6.87. The number of carbonyl (C=O) groups is 2. The summed E-state index contributed by atoms with van der Waals surface area (Å²) in [6.45, 7) is 0.369. The molecule has 0 saturated carbocycles. The minimum atomic E-state index is -0.646. The molecule has 9 heteroatoms. The van der Waals surface area contributed by atoms with Crippen LogP contribution in [0.1, 0.15) is 11.3 Å². The van der Waals surface area contributed by atoms with Crippen LogP contribution in [0.15, 0.2) is 71.0 Å². The maximum atomic E-state index is 13.3. The number of amides is 2. The van der Waals surface area contributed by atoms with Crippen molar-refractivity contribution in [2.75, 3.05) is 12.4 Å². The highest BCUT2D eigenvalue weighted by atomic mass is 32.2. The molecule has 1 aliphatic rings. The number of ether oxygens (including phenoxy) is 1. The number of nitrogens with zero attached hydrogens (tertiary/aromatic N) is 2. The smallest absolute Gasteiger partial charge is 0.238 e. The summed E-state index contributed by atoms with van der Waals surface area (Å²) in [6, 6.07) is 16.6. The van der Waals surface area contributed by atoms with E-state index in [4.69, 9.17) is 4.74 Å². The Balaban J connectivity index is 1.57. The molecule has 1 N–H and O–H groups in total. The highest BCUT2D eigenvalue weighted by molar-refractivity contribution is 8.15. The number of nitrogens with one attached hydrogen (secondary N) is 1. The Morgan fingerprint density at radius 3 is 2.75 bits per heavy atom. The minimum Gasteiger partial charge on any atom is -0.497 e. The summed E-state index contributed by atoms with van der Waals surface area (Å²) in [7, 11) is 1.55. The standard InChI is InChI=1S/C23H20FN3O3S2/c1-30-18-5-2-4-17(12-18)25-22(29)20-13-21(28)27(14-19-6-3-11-31-19)23(32-20)26-16-9-7-15(24)8-10-16/h2-12,20H,13-14H2,1H3,(H,25,29). The summed E-state index contributed by atoms with van der Waals surface area (Å²) in [4.78, 5) is 33.1. The van der Waals surface area contributed by atoms with Crippen LogP contribution in [0, 0.1) is 5.82 Å². The first kappa shape index (κ1) is 22.0. The monoisotopic (exact) mass is 469 g/mol. The van der Waals surface area contributed by atoms with Gasteiger partial charge >= 0.3 is 0 Å². The molecule has 0 bridgehead atoms. The number of carbonyl (C=O) groups excluding carboxylic acids is 2. The molecule has 1 saturated heterocycles. The molecule has 2 amide bonds. The maximum Gasteiger partial charge on any atom is 0.238 e. The van der Waals surface area contributed by atoms with E-state index in [-0.39, 0.29) is 24.1 Å². The lowest BCUT2D eigenvalue weighted by Crippen LogP contribution is -2.44. The lowest BCUT2D eigenvalue weighted by atomic mass is 10.2. The average Bonchev–Trinajstić information content (AvgIpc) is 3.31. The van der Waals surface area contributed by atoms with Crippen LogP contribution in [0.3, 0.4) is 0 Å².